The Morgan fingerprint density at radius 3 is 2.39 bits per heavy atom. The second kappa shape index (κ2) is 9.97. The third kappa shape index (κ3) is 5.96. The molecular formula is C22H25ClF3N3OS. The number of thiazole rings is 1. The van der Waals surface area contributed by atoms with Gasteiger partial charge < -0.3 is 4.90 Å². The van der Waals surface area contributed by atoms with E-state index in [4.69, 9.17) is 0 Å². The molecule has 1 aromatic heterocycles. The van der Waals surface area contributed by atoms with Crippen LogP contribution in [0.25, 0.3) is 10.2 Å². The topological polar surface area (TPSA) is 36.4 Å². The van der Waals surface area contributed by atoms with Crippen molar-refractivity contribution < 1.29 is 18.0 Å². The molecule has 4 nitrogen and oxygen atoms in total. The number of amides is 1. The minimum Gasteiger partial charge on any atom is -0.309 e. The van der Waals surface area contributed by atoms with Crippen LogP contribution < -0.4 is 4.90 Å². The summed E-state index contributed by atoms with van der Waals surface area (Å²) in [5.41, 5.74) is 2.18. The van der Waals surface area contributed by atoms with Gasteiger partial charge in [0.25, 0.3) is 5.91 Å². The third-order valence-corrected chi connectivity index (χ3v) is 5.93. The Bertz CT molecular complexity index is 1030. The molecule has 1 amide bonds. The lowest BCUT2D eigenvalue weighted by molar-refractivity contribution is -0.137. The number of fused-ring (bicyclic) bond motifs is 1. The summed E-state index contributed by atoms with van der Waals surface area (Å²) in [6.07, 6.45) is -3.83. The van der Waals surface area contributed by atoms with Crippen LogP contribution in [0.2, 0.25) is 0 Å². The van der Waals surface area contributed by atoms with Crippen molar-refractivity contribution in [1.29, 1.82) is 0 Å². The Morgan fingerprint density at radius 2 is 1.74 bits per heavy atom. The number of hydrogen-bond donors (Lipinski definition) is 0. The first-order valence-electron chi connectivity index (χ1n) is 9.58. The lowest BCUT2D eigenvalue weighted by atomic mass is 10.1. The van der Waals surface area contributed by atoms with E-state index in [0.29, 0.717) is 18.1 Å². The molecule has 9 heteroatoms. The fourth-order valence-corrected chi connectivity index (χ4v) is 4.17. The number of nitrogens with zero attached hydrogens (tertiary/aromatic N) is 3. The summed E-state index contributed by atoms with van der Waals surface area (Å²) in [6.45, 7) is 5.12. The zero-order chi connectivity index (χ0) is 22.1. The molecule has 3 rings (SSSR count). The molecule has 0 atom stereocenters. The SMILES string of the molecule is Cc1cc2nc(N(CCCN(C)C)C(=O)c3cccc(C(F)(F)F)c3)sc2cc1C.Cl. The van der Waals surface area contributed by atoms with E-state index in [-0.39, 0.29) is 18.0 Å². The summed E-state index contributed by atoms with van der Waals surface area (Å²) in [4.78, 5) is 21.3. The molecule has 0 fully saturated rings. The number of benzene rings is 2. The van der Waals surface area contributed by atoms with E-state index in [1.54, 1.807) is 0 Å². The van der Waals surface area contributed by atoms with Crippen LogP contribution in [-0.2, 0) is 6.18 Å². The van der Waals surface area contributed by atoms with Crippen LogP contribution >= 0.6 is 23.7 Å². The number of halogens is 4. The zero-order valence-electron chi connectivity index (χ0n) is 17.8. The molecule has 1 heterocycles. The molecule has 0 radical (unpaired) electrons. The average Bonchev–Trinajstić information content (AvgIpc) is 3.06. The second-order valence-electron chi connectivity index (χ2n) is 7.59. The average molecular weight is 472 g/mol. The predicted octanol–water partition coefficient (Wildman–Crippen LogP) is 5.95. The fourth-order valence-electron chi connectivity index (χ4n) is 3.10. The Kier molecular flexibility index (Phi) is 8.08. The smallest absolute Gasteiger partial charge is 0.309 e. The summed E-state index contributed by atoms with van der Waals surface area (Å²) < 4.78 is 40.3. The maximum Gasteiger partial charge on any atom is 0.416 e. The molecule has 3 aromatic rings. The van der Waals surface area contributed by atoms with Crippen LogP contribution in [-0.4, -0.2) is 43.0 Å². The van der Waals surface area contributed by atoms with Gasteiger partial charge in [0.05, 0.1) is 15.8 Å². The van der Waals surface area contributed by atoms with Gasteiger partial charge in [-0.2, -0.15) is 13.2 Å². The van der Waals surface area contributed by atoms with E-state index in [2.05, 4.69) is 4.98 Å². The summed E-state index contributed by atoms with van der Waals surface area (Å²) in [5, 5.41) is 0.496. The Morgan fingerprint density at radius 1 is 1.06 bits per heavy atom. The summed E-state index contributed by atoms with van der Waals surface area (Å²) in [5.74, 6) is -0.479. The normalized spacial score (nSPS) is 11.6. The summed E-state index contributed by atoms with van der Waals surface area (Å²) in [6, 6.07) is 8.55. The first-order valence-corrected chi connectivity index (χ1v) is 10.4. The van der Waals surface area contributed by atoms with Crippen LogP contribution in [0.4, 0.5) is 18.3 Å². The van der Waals surface area contributed by atoms with Crippen molar-refractivity contribution in [3.63, 3.8) is 0 Å². The van der Waals surface area contributed by atoms with Gasteiger partial charge >= 0.3 is 6.18 Å². The molecular weight excluding hydrogens is 447 g/mol. The van der Waals surface area contributed by atoms with E-state index in [9.17, 15) is 18.0 Å². The molecule has 0 N–H and O–H groups in total. The van der Waals surface area contributed by atoms with Crippen molar-refractivity contribution in [3.8, 4) is 0 Å². The number of rotatable bonds is 6. The van der Waals surface area contributed by atoms with Crippen molar-refractivity contribution >= 4 is 45.0 Å². The van der Waals surface area contributed by atoms with Gasteiger partial charge in [-0.25, -0.2) is 4.98 Å². The zero-order valence-corrected chi connectivity index (χ0v) is 19.4. The van der Waals surface area contributed by atoms with Gasteiger partial charge in [-0.1, -0.05) is 17.4 Å². The van der Waals surface area contributed by atoms with Gasteiger partial charge in [0.15, 0.2) is 5.13 Å². The lowest BCUT2D eigenvalue weighted by Crippen LogP contribution is -2.33. The maximum absolute atomic E-state index is 13.2. The van der Waals surface area contributed by atoms with Crippen LogP contribution in [0.1, 0.15) is 33.5 Å². The first-order chi connectivity index (χ1) is 14.1. The van der Waals surface area contributed by atoms with Gasteiger partial charge in [0.1, 0.15) is 0 Å². The molecule has 0 spiro atoms. The van der Waals surface area contributed by atoms with Crippen molar-refractivity contribution in [2.75, 3.05) is 32.1 Å². The van der Waals surface area contributed by atoms with E-state index in [1.807, 2.05) is 45.0 Å². The van der Waals surface area contributed by atoms with Gasteiger partial charge in [-0.3, -0.25) is 9.69 Å². The summed E-state index contributed by atoms with van der Waals surface area (Å²) in [7, 11) is 3.87. The highest BCUT2D eigenvalue weighted by Crippen LogP contribution is 2.33. The molecule has 0 aliphatic rings. The quantitative estimate of drug-likeness (QED) is 0.445. The first kappa shape index (κ1) is 25.1. The molecule has 2 aromatic carbocycles. The molecule has 0 aliphatic carbocycles. The highest BCUT2D eigenvalue weighted by Gasteiger charge is 2.31. The van der Waals surface area contributed by atoms with Gasteiger partial charge in [0.2, 0.25) is 0 Å². The Hall–Kier alpha value is -2.16. The number of hydrogen-bond acceptors (Lipinski definition) is 4. The largest absolute Gasteiger partial charge is 0.416 e. The minimum absolute atomic E-state index is 0. The number of aromatic nitrogens is 1. The standard InChI is InChI=1S/C22H24F3N3OS.ClH/c1-14-11-18-19(12-15(14)2)30-21(26-18)28(10-6-9-27(3)4)20(29)16-7-5-8-17(13-16)22(23,24)25;/h5,7-8,11-13H,6,9-10H2,1-4H3;1H. The molecule has 0 bridgehead atoms. The van der Waals surface area contributed by atoms with Crippen LogP contribution in [0.15, 0.2) is 36.4 Å². The molecule has 168 valence electrons. The van der Waals surface area contributed by atoms with E-state index >= 15 is 0 Å². The van der Waals surface area contributed by atoms with Crippen molar-refractivity contribution in [2.45, 2.75) is 26.4 Å². The van der Waals surface area contributed by atoms with E-state index in [0.717, 1.165) is 40.0 Å². The second-order valence-corrected chi connectivity index (χ2v) is 8.60. The van der Waals surface area contributed by atoms with Crippen LogP contribution in [0, 0.1) is 13.8 Å². The van der Waals surface area contributed by atoms with E-state index < -0.39 is 17.6 Å². The highest BCUT2D eigenvalue weighted by molar-refractivity contribution is 7.22. The lowest BCUT2D eigenvalue weighted by Gasteiger charge is -2.21. The van der Waals surface area contributed by atoms with Crippen molar-refractivity contribution in [3.05, 3.63) is 58.7 Å². The van der Waals surface area contributed by atoms with E-state index in [1.165, 1.54) is 28.4 Å². The summed E-state index contributed by atoms with van der Waals surface area (Å²) >= 11 is 1.38. The number of alkyl halides is 3. The Balaban J connectivity index is 0.00000341. The highest BCUT2D eigenvalue weighted by atomic mass is 35.5. The number of carbonyl (C=O) groups excluding carboxylic acids is 1. The molecule has 0 aliphatic heterocycles. The predicted molar refractivity (Wildman–Crippen MR) is 123 cm³/mol. The molecule has 31 heavy (non-hydrogen) atoms. The number of aryl methyl sites for hydroxylation is 2. The number of carbonyl (C=O) groups is 1. The minimum atomic E-state index is -4.50. The molecule has 0 unspecified atom stereocenters. The molecule has 0 saturated carbocycles. The fraction of sp³-hybridized carbons (Fsp3) is 0.364. The molecule has 0 saturated heterocycles. The maximum atomic E-state index is 13.2. The van der Waals surface area contributed by atoms with Crippen molar-refractivity contribution in [1.82, 2.24) is 9.88 Å². The van der Waals surface area contributed by atoms with Crippen LogP contribution in [0.5, 0.6) is 0 Å². The van der Waals surface area contributed by atoms with Gasteiger partial charge in [-0.05, 0) is 82.4 Å². The third-order valence-electron chi connectivity index (χ3n) is 4.89. The van der Waals surface area contributed by atoms with Crippen molar-refractivity contribution in [2.24, 2.45) is 0 Å². The van der Waals surface area contributed by atoms with Gasteiger partial charge in [-0.15, -0.1) is 12.4 Å². The van der Waals surface area contributed by atoms with Gasteiger partial charge in [0, 0.05) is 12.1 Å². The number of anilines is 1. The van der Waals surface area contributed by atoms with Crippen LogP contribution in [0.3, 0.4) is 0 Å². The monoisotopic (exact) mass is 471 g/mol. The Labute approximate surface area is 190 Å².